The zero-order chi connectivity index (χ0) is 17.4. The lowest BCUT2D eigenvalue weighted by Crippen LogP contribution is -2.25. The first-order valence-electron chi connectivity index (χ1n) is 7.35. The molecule has 0 spiro atoms. The summed E-state index contributed by atoms with van der Waals surface area (Å²) in [6.07, 6.45) is 0.855. The van der Waals surface area contributed by atoms with Crippen LogP contribution in [0.25, 0.3) is 0 Å². The first-order chi connectivity index (χ1) is 11.5. The Labute approximate surface area is 146 Å². The second-order valence-corrected chi connectivity index (χ2v) is 7.21. The third-order valence-electron chi connectivity index (χ3n) is 3.21. The van der Waals surface area contributed by atoms with Crippen molar-refractivity contribution < 1.29 is 13.2 Å². The van der Waals surface area contributed by atoms with E-state index < -0.39 is 10.0 Å². The molecule has 126 valence electrons. The number of nitrogens with one attached hydrogen (secondary N) is 1. The van der Waals surface area contributed by atoms with Crippen molar-refractivity contribution in [2.24, 2.45) is 0 Å². The van der Waals surface area contributed by atoms with Crippen LogP contribution in [-0.4, -0.2) is 21.6 Å². The van der Waals surface area contributed by atoms with Crippen molar-refractivity contribution in [2.45, 2.75) is 17.7 Å². The fraction of sp³-hybridized carbons (Fsp3) is 0.235. The highest BCUT2D eigenvalue weighted by molar-refractivity contribution is 7.89. The predicted molar refractivity (Wildman–Crippen MR) is 92.5 cm³/mol. The minimum atomic E-state index is -3.55. The van der Waals surface area contributed by atoms with Gasteiger partial charge >= 0.3 is 0 Å². The van der Waals surface area contributed by atoms with Crippen molar-refractivity contribution in [1.29, 1.82) is 5.26 Å². The van der Waals surface area contributed by atoms with Crippen LogP contribution in [0.1, 0.15) is 12.0 Å². The fourth-order valence-corrected chi connectivity index (χ4v) is 3.19. The van der Waals surface area contributed by atoms with Gasteiger partial charge in [-0.25, -0.2) is 13.1 Å². The van der Waals surface area contributed by atoms with Gasteiger partial charge in [0, 0.05) is 11.6 Å². The Morgan fingerprint density at radius 3 is 2.62 bits per heavy atom. The number of hydrogen-bond donors (Lipinski definition) is 1. The molecule has 2 aromatic carbocycles. The third-order valence-corrected chi connectivity index (χ3v) is 4.94. The molecule has 0 amide bonds. The van der Waals surface area contributed by atoms with Crippen molar-refractivity contribution in [2.75, 3.05) is 13.2 Å². The number of hydrogen-bond acceptors (Lipinski definition) is 4. The number of nitriles is 1. The van der Waals surface area contributed by atoms with Gasteiger partial charge in [-0.3, -0.25) is 0 Å². The lowest BCUT2D eigenvalue weighted by Gasteiger charge is -2.08. The molecule has 0 aliphatic heterocycles. The molecule has 0 fully saturated rings. The molecule has 0 unspecified atom stereocenters. The lowest BCUT2D eigenvalue weighted by molar-refractivity contribution is 0.326. The van der Waals surface area contributed by atoms with Gasteiger partial charge in [-0.15, -0.1) is 0 Å². The summed E-state index contributed by atoms with van der Waals surface area (Å²) in [5.41, 5.74) is 0.947. The van der Waals surface area contributed by atoms with Gasteiger partial charge in [0.25, 0.3) is 0 Å². The van der Waals surface area contributed by atoms with E-state index >= 15 is 0 Å². The highest BCUT2D eigenvalue weighted by Gasteiger charge is 2.12. The Morgan fingerprint density at radius 2 is 1.92 bits per heavy atom. The molecular formula is C17H17ClN2O3S. The molecule has 7 heteroatoms. The van der Waals surface area contributed by atoms with Gasteiger partial charge in [0.05, 0.1) is 17.4 Å². The molecule has 0 heterocycles. The average Bonchev–Trinajstić information content (AvgIpc) is 2.56. The first-order valence-corrected chi connectivity index (χ1v) is 9.21. The Hall–Kier alpha value is -2.07. The van der Waals surface area contributed by atoms with Crippen molar-refractivity contribution in [3.05, 3.63) is 59.1 Å². The number of ether oxygens (including phenoxy) is 1. The van der Waals surface area contributed by atoms with E-state index in [0.717, 1.165) is 5.56 Å². The smallest absolute Gasteiger partial charge is 0.240 e. The summed E-state index contributed by atoms with van der Waals surface area (Å²) in [4.78, 5) is 0.181. The normalized spacial score (nSPS) is 11.0. The molecule has 0 aromatic heterocycles. The van der Waals surface area contributed by atoms with E-state index in [1.165, 1.54) is 24.3 Å². The van der Waals surface area contributed by atoms with Gasteiger partial charge in [0.15, 0.2) is 0 Å². The largest absolute Gasteiger partial charge is 0.493 e. The van der Waals surface area contributed by atoms with Gasteiger partial charge in [-0.05, 0) is 48.4 Å². The summed E-state index contributed by atoms with van der Waals surface area (Å²) in [6, 6.07) is 15.4. The van der Waals surface area contributed by atoms with Crippen molar-refractivity contribution >= 4 is 21.6 Å². The van der Waals surface area contributed by atoms with Gasteiger partial charge < -0.3 is 4.74 Å². The van der Waals surface area contributed by atoms with Crippen LogP contribution in [0.4, 0.5) is 0 Å². The van der Waals surface area contributed by atoms with Crippen LogP contribution in [-0.2, 0) is 16.4 Å². The van der Waals surface area contributed by atoms with E-state index in [4.69, 9.17) is 21.6 Å². The number of sulfonamides is 1. The summed E-state index contributed by atoms with van der Waals surface area (Å²) in [6.45, 7) is 0.607. The van der Waals surface area contributed by atoms with E-state index in [1.807, 2.05) is 24.3 Å². The molecule has 2 rings (SSSR count). The van der Waals surface area contributed by atoms with Crippen LogP contribution in [0.2, 0.25) is 5.02 Å². The molecule has 0 radical (unpaired) electrons. The minimum absolute atomic E-state index is 0.181. The lowest BCUT2D eigenvalue weighted by atomic mass is 10.1. The molecular weight excluding hydrogens is 348 g/mol. The summed E-state index contributed by atoms with van der Waals surface area (Å²) < 4.78 is 32.3. The van der Waals surface area contributed by atoms with E-state index in [0.29, 0.717) is 30.2 Å². The summed E-state index contributed by atoms with van der Waals surface area (Å²) in [5, 5.41) is 8.99. The van der Waals surface area contributed by atoms with Gasteiger partial charge in [0.1, 0.15) is 12.4 Å². The molecule has 0 aliphatic rings. The first kappa shape index (κ1) is 18.3. The number of rotatable bonds is 8. The summed E-state index contributed by atoms with van der Waals surface area (Å²) in [7, 11) is -3.55. The Morgan fingerprint density at radius 1 is 1.17 bits per heavy atom. The molecule has 5 nitrogen and oxygen atoms in total. The van der Waals surface area contributed by atoms with Gasteiger partial charge in [-0.1, -0.05) is 23.7 Å². The Balaban J connectivity index is 1.90. The van der Waals surface area contributed by atoms with Gasteiger partial charge in [0.2, 0.25) is 10.0 Å². The molecule has 0 atom stereocenters. The van der Waals surface area contributed by atoms with Crippen LogP contribution in [0.3, 0.4) is 0 Å². The van der Waals surface area contributed by atoms with Crippen molar-refractivity contribution in [1.82, 2.24) is 4.72 Å². The van der Waals surface area contributed by atoms with E-state index in [1.54, 1.807) is 6.07 Å². The maximum atomic E-state index is 12.2. The van der Waals surface area contributed by atoms with Crippen molar-refractivity contribution in [3.63, 3.8) is 0 Å². The van der Waals surface area contributed by atoms with Crippen LogP contribution in [0, 0.1) is 11.3 Å². The SMILES string of the molecule is N#CCCOc1cccc(CCNS(=O)(=O)c2ccc(Cl)cc2)c1. The number of halogens is 1. The summed E-state index contributed by atoms with van der Waals surface area (Å²) >= 11 is 5.76. The van der Waals surface area contributed by atoms with E-state index in [-0.39, 0.29) is 11.4 Å². The predicted octanol–water partition coefficient (Wildman–Crippen LogP) is 3.15. The standard InChI is InChI=1S/C17H17ClN2O3S/c18-15-5-7-17(8-6-15)24(21,22)20-11-9-14-3-1-4-16(13-14)23-12-2-10-19/h1,3-8,13,20H,2,9,11-12H2. The zero-order valence-electron chi connectivity index (χ0n) is 12.9. The fourth-order valence-electron chi connectivity index (χ4n) is 2.03. The highest BCUT2D eigenvalue weighted by Crippen LogP contribution is 2.15. The van der Waals surface area contributed by atoms with Crippen LogP contribution in [0.15, 0.2) is 53.4 Å². The van der Waals surface area contributed by atoms with Crippen LogP contribution in [0.5, 0.6) is 5.75 Å². The Kier molecular flexibility index (Phi) is 6.62. The van der Waals surface area contributed by atoms with E-state index in [2.05, 4.69) is 4.72 Å². The zero-order valence-corrected chi connectivity index (χ0v) is 14.5. The highest BCUT2D eigenvalue weighted by atomic mass is 35.5. The number of nitrogens with zero attached hydrogens (tertiary/aromatic N) is 1. The second kappa shape index (κ2) is 8.69. The molecule has 1 N–H and O–H groups in total. The van der Waals surface area contributed by atoms with E-state index in [9.17, 15) is 8.42 Å². The number of benzene rings is 2. The van der Waals surface area contributed by atoms with Crippen molar-refractivity contribution in [3.8, 4) is 11.8 Å². The van der Waals surface area contributed by atoms with Crippen LogP contribution >= 0.6 is 11.6 Å². The molecule has 0 aliphatic carbocycles. The maximum Gasteiger partial charge on any atom is 0.240 e. The topological polar surface area (TPSA) is 79.2 Å². The molecule has 0 saturated heterocycles. The third kappa shape index (κ3) is 5.53. The molecule has 24 heavy (non-hydrogen) atoms. The summed E-state index contributed by atoms with van der Waals surface area (Å²) in [5.74, 6) is 0.670. The molecule has 2 aromatic rings. The average molecular weight is 365 g/mol. The van der Waals surface area contributed by atoms with Crippen LogP contribution < -0.4 is 9.46 Å². The Bertz CT molecular complexity index is 814. The molecule has 0 bridgehead atoms. The quantitative estimate of drug-likeness (QED) is 0.730. The maximum absolute atomic E-state index is 12.2. The second-order valence-electron chi connectivity index (χ2n) is 5.01. The van der Waals surface area contributed by atoms with Gasteiger partial charge in [-0.2, -0.15) is 5.26 Å². The minimum Gasteiger partial charge on any atom is -0.493 e. The monoisotopic (exact) mass is 364 g/mol. The molecule has 0 saturated carbocycles.